The highest BCUT2D eigenvalue weighted by atomic mass is 16.2. The van der Waals surface area contributed by atoms with Gasteiger partial charge in [-0.25, -0.2) is 0 Å². The summed E-state index contributed by atoms with van der Waals surface area (Å²) >= 11 is 0. The van der Waals surface area contributed by atoms with Crippen molar-refractivity contribution in [3.63, 3.8) is 0 Å². The summed E-state index contributed by atoms with van der Waals surface area (Å²) in [5, 5.41) is 7.46. The van der Waals surface area contributed by atoms with E-state index in [4.69, 9.17) is 5.73 Å². The van der Waals surface area contributed by atoms with E-state index in [1.165, 1.54) is 19.3 Å². The van der Waals surface area contributed by atoms with Crippen LogP contribution in [0.15, 0.2) is 6.07 Å². The second kappa shape index (κ2) is 6.51. The van der Waals surface area contributed by atoms with Crippen molar-refractivity contribution in [3.05, 3.63) is 17.5 Å². The molecule has 1 aromatic rings. The minimum absolute atomic E-state index is 0.208. The number of aryl methyl sites for hydroxylation is 1. The number of aromatic nitrogens is 2. The maximum atomic E-state index is 13.1. The van der Waals surface area contributed by atoms with Gasteiger partial charge in [0.15, 0.2) is 0 Å². The number of hydrogen-bond donors (Lipinski definition) is 2. The van der Waals surface area contributed by atoms with Gasteiger partial charge in [0, 0.05) is 36.7 Å². The fourth-order valence-corrected chi connectivity index (χ4v) is 5.32. The number of aromatic amines is 1. The van der Waals surface area contributed by atoms with Crippen LogP contribution < -0.4 is 5.73 Å². The molecule has 0 spiro atoms. The van der Waals surface area contributed by atoms with Crippen molar-refractivity contribution in [1.29, 1.82) is 0 Å². The first-order valence-corrected chi connectivity index (χ1v) is 9.68. The topological polar surface area (TPSA) is 75.0 Å². The number of amides is 1. The van der Waals surface area contributed by atoms with Crippen LogP contribution in [0.5, 0.6) is 0 Å². The number of rotatable bonds is 2. The molecule has 3 unspecified atom stereocenters. The third kappa shape index (κ3) is 2.99. The van der Waals surface area contributed by atoms with E-state index in [1.54, 1.807) is 0 Å². The van der Waals surface area contributed by atoms with Crippen LogP contribution in [-0.2, 0) is 4.79 Å². The molecule has 2 saturated carbocycles. The summed E-state index contributed by atoms with van der Waals surface area (Å²) in [5.41, 5.74) is 8.61. The first kappa shape index (κ1) is 16.1. The average Bonchev–Trinajstić information content (AvgIpc) is 3.01. The first-order valence-electron chi connectivity index (χ1n) is 9.68. The maximum Gasteiger partial charge on any atom is 0.225 e. The van der Waals surface area contributed by atoms with E-state index in [-0.39, 0.29) is 5.92 Å². The van der Waals surface area contributed by atoms with Gasteiger partial charge in [-0.05, 0) is 63.4 Å². The van der Waals surface area contributed by atoms with Gasteiger partial charge in [-0.2, -0.15) is 5.10 Å². The molecule has 2 heterocycles. The molecule has 0 aromatic carbocycles. The van der Waals surface area contributed by atoms with Gasteiger partial charge in [0.25, 0.3) is 0 Å². The number of hydrogen-bond acceptors (Lipinski definition) is 3. The fourth-order valence-electron chi connectivity index (χ4n) is 5.32. The number of nitrogens with zero attached hydrogens (tertiary/aromatic N) is 2. The average molecular weight is 330 g/mol. The van der Waals surface area contributed by atoms with Crippen LogP contribution in [0.1, 0.15) is 62.3 Å². The second-order valence-corrected chi connectivity index (χ2v) is 8.30. The van der Waals surface area contributed by atoms with E-state index in [0.29, 0.717) is 29.7 Å². The molecule has 1 aromatic heterocycles. The van der Waals surface area contributed by atoms with Crippen LogP contribution in [0.25, 0.3) is 0 Å². The lowest BCUT2D eigenvalue weighted by atomic mass is 9.65. The Bertz CT molecular complexity index is 584. The van der Waals surface area contributed by atoms with E-state index in [9.17, 15) is 4.79 Å². The molecule has 3 N–H and O–H groups in total. The summed E-state index contributed by atoms with van der Waals surface area (Å²) in [6.07, 6.45) is 7.98. The van der Waals surface area contributed by atoms with Crippen LogP contribution in [0.3, 0.4) is 0 Å². The summed E-state index contributed by atoms with van der Waals surface area (Å²) < 4.78 is 0. The van der Waals surface area contributed by atoms with Crippen LogP contribution in [-0.4, -0.2) is 40.1 Å². The van der Waals surface area contributed by atoms with Crippen molar-refractivity contribution in [2.45, 2.75) is 63.8 Å². The molecule has 0 radical (unpaired) electrons. The van der Waals surface area contributed by atoms with Gasteiger partial charge in [0.05, 0.1) is 5.69 Å². The minimum atomic E-state index is 0.208. The molecule has 1 aliphatic heterocycles. The highest BCUT2D eigenvalue weighted by molar-refractivity contribution is 5.79. The highest BCUT2D eigenvalue weighted by Gasteiger charge is 2.42. The van der Waals surface area contributed by atoms with Gasteiger partial charge in [-0.3, -0.25) is 9.89 Å². The second-order valence-electron chi connectivity index (χ2n) is 8.30. The van der Waals surface area contributed by atoms with Crippen molar-refractivity contribution >= 4 is 5.91 Å². The Hall–Kier alpha value is -1.36. The number of H-pyrrole nitrogens is 1. The van der Waals surface area contributed by atoms with Crippen molar-refractivity contribution in [2.24, 2.45) is 23.5 Å². The fraction of sp³-hybridized carbons (Fsp3) is 0.789. The number of carbonyl (C=O) groups is 1. The number of fused-ring (bicyclic) bond motifs is 2. The van der Waals surface area contributed by atoms with Gasteiger partial charge in [0.2, 0.25) is 5.91 Å². The highest BCUT2D eigenvalue weighted by Crippen LogP contribution is 2.42. The number of nitrogens with two attached hydrogens (primary N) is 1. The Morgan fingerprint density at radius 2 is 2.00 bits per heavy atom. The molecule has 24 heavy (non-hydrogen) atoms. The van der Waals surface area contributed by atoms with Gasteiger partial charge < -0.3 is 10.6 Å². The quantitative estimate of drug-likeness (QED) is 0.875. The van der Waals surface area contributed by atoms with Gasteiger partial charge in [0.1, 0.15) is 0 Å². The van der Waals surface area contributed by atoms with Gasteiger partial charge in [-0.1, -0.05) is 6.42 Å². The van der Waals surface area contributed by atoms with Crippen LogP contribution in [0, 0.1) is 24.7 Å². The van der Waals surface area contributed by atoms with Crippen molar-refractivity contribution in [3.8, 4) is 0 Å². The molecule has 3 atom stereocenters. The number of nitrogens with one attached hydrogen (secondary N) is 1. The Balaban J connectivity index is 1.42. The molecular weight excluding hydrogens is 300 g/mol. The Kier molecular flexibility index (Phi) is 4.37. The normalized spacial score (nSPS) is 36.6. The molecule has 5 heteroatoms. The zero-order valence-electron chi connectivity index (χ0n) is 14.7. The molecule has 5 nitrogen and oxygen atoms in total. The molecule has 3 aliphatic rings. The number of likely N-dealkylation sites (tertiary alicyclic amines) is 1. The SMILES string of the molecule is Cc1cc(C2CCCN(C(=O)C3CC4CCCC(C3)C4N)C2)n[nH]1. The van der Waals surface area contributed by atoms with Crippen LogP contribution in [0.2, 0.25) is 0 Å². The van der Waals surface area contributed by atoms with Crippen molar-refractivity contribution in [2.75, 3.05) is 13.1 Å². The molecule has 2 bridgehead atoms. The van der Waals surface area contributed by atoms with Crippen molar-refractivity contribution < 1.29 is 4.79 Å². The van der Waals surface area contributed by atoms with E-state index in [0.717, 1.165) is 50.2 Å². The zero-order chi connectivity index (χ0) is 16.7. The predicted molar refractivity (Wildman–Crippen MR) is 93.4 cm³/mol. The molecule has 3 fully saturated rings. The van der Waals surface area contributed by atoms with Gasteiger partial charge in [-0.15, -0.1) is 0 Å². The summed E-state index contributed by atoms with van der Waals surface area (Å²) in [6.45, 7) is 3.78. The Morgan fingerprint density at radius 3 is 2.67 bits per heavy atom. The number of piperidine rings is 1. The van der Waals surface area contributed by atoms with Crippen LogP contribution >= 0.6 is 0 Å². The monoisotopic (exact) mass is 330 g/mol. The Labute approximate surface area is 144 Å². The molecule has 132 valence electrons. The first-order chi connectivity index (χ1) is 11.6. The van der Waals surface area contributed by atoms with Crippen LogP contribution in [0.4, 0.5) is 0 Å². The summed E-state index contributed by atoms with van der Waals surface area (Å²) in [6, 6.07) is 2.46. The third-order valence-electron chi connectivity index (χ3n) is 6.64. The summed E-state index contributed by atoms with van der Waals surface area (Å²) in [5.74, 6) is 2.12. The smallest absolute Gasteiger partial charge is 0.225 e. The molecule has 4 rings (SSSR count). The number of carbonyl (C=O) groups excluding carboxylic acids is 1. The van der Waals surface area contributed by atoms with E-state index in [2.05, 4.69) is 21.2 Å². The molecule has 1 saturated heterocycles. The lowest BCUT2D eigenvalue weighted by Gasteiger charge is -2.45. The predicted octanol–water partition coefficient (Wildman–Crippen LogP) is 2.58. The van der Waals surface area contributed by atoms with E-state index >= 15 is 0 Å². The lowest BCUT2D eigenvalue weighted by molar-refractivity contribution is -0.139. The molecule has 1 amide bonds. The molecular formula is C19H30N4O. The minimum Gasteiger partial charge on any atom is -0.342 e. The van der Waals surface area contributed by atoms with Gasteiger partial charge >= 0.3 is 0 Å². The Morgan fingerprint density at radius 1 is 1.25 bits per heavy atom. The third-order valence-corrected chi connectivity index (χ3v) is 6.64. The lowest BCUT2D eigenvalue weighted by Crippen LogP contribution is -2.50. The maximum absolute atomic E-state index is 13.1. The largest absolute Gasteiger partial charge is 0.342 e. The van der Waals surface area contributed by atoms with Crippen molar-refractivity contribution in [1.82, 2.24) is 15.1 Å². The summed E-state index contributed by atoms with van der Waals surface area (Å²) in [7, 11) is 0. The molecule has 2 aliphatic carbocycles. The van der Waals surface area contributed by atoms with E-state index in [1.807, 2.05) is 6.92 Å². The standard InChI is InChI=1S/C19H30N4O/c1-12-8-17(22-21-12)15-6-3-7-23(11-15)19(24)16-9-13-4-2-5-14(10-16)18(13)20/h8,13-16,18H,2-7,9-11,20H2,1H3,(H,21,22). The summed E-state index contributed by atoms with van der Waals surface area (Å²) in [4.78, 5) is 15.3. The van der Waals surface area contributed by atoms with E-state index < -0.39 is 0 Å². The zero-order valence-corrected chi connectivity index (χ0v) is 14.7.